The lowest BCUT2D eigenvalue weighted by atomic mass is 10.1. The van der Waals surface area contributed by atoms with Gasteiger partial charge in [-0.05, 0) is 30.7 Å². The van der Waals surface area contributed by atoms with Crippen LogP contribution in [0.4, 0.5) is 14.5 Å². The summed E-state index contributed by atoms with van der Waals surface area (Å²) in [6, 6.07) is 9.15. The molecular weight excluding hydrogens is 248 g/mol. The molecule has 0 heterocycles. The number of nitrogens with one attached hydrogen (secondary N) is 1. The molecule has 19 heavy (non-hydrogen) atoms. The van der Waals surface area contributed by atoms with Crippen LogP contribution in [0.15, 0.2) is 36.4 Å². The summed E-state index contributed by atoms with van der Waals surface area (Å²) in [7, 11) is 1.49. The minimum atomic E-state index is -0.346. The lowest BCUT2D eigenvalue weighted by Crippen LogP contribution is -2.03. The topological polar surface area (TPSA) is 21.3 Å². The van der Waals surface area contributed by atoms with Gasteiger partial charge in [0.1, 0.15) is 17.4 Å². The predicted molar refractivity (Wildman–Crippen MR) is 71.4 cm³/mol. The van der Waals surface area contributed by atoms with E-state index in [0.717, 1.165) is 5.56 Å². The molecule has 100 valence electrons. The highest BCUT2D eigenvalue weighted by molar-refractivity contribution is 5.51. The van der Waals surface area contributed by atoms with Gasteiger partial charge in [0, 0.05) is 23.9 Å². The van der Waals surface area contributed by atoms with Crippen LogP contribution in [0, 0.1) is 18.6 Å². The van der Waals surface area contributed by atoms with Gasteiger partial charge in [0.2, 0.25) is 0 Å². The van der Waals surface area contributed by atoms with Gasteiger partial charge < -0.3 is 10.1 Å². The van der Waals surface area contributed by atoms with Crippen LogP contribution in [0.25, 0.3) is 0 Å². The average Bonchev–Trinajstić information content (AvgIpc) is 2.40. The number of hydrogen-bond donors (Lipinski definition) is 1. The second kappa shape index (κ2) is 5.69. The van der Waals surface area contributed by atoms with Gasteiger partial charge in [0.15, 0.2) is 0 Å². The summed E-state index contributed by atoms with van der Waals surface area (Å²) in [5, 5.41) is 3.03. The van der Waals surface area contributed by atoms with E-state index in [1.807, 2.05) is 6.92 Å². The molecule has 2 aromatic rings. The number of benzene rings is 2. The molecule has 0 amide bonds. The first kappa shape index (κ1) is 13.3. The molecule has 0 fully saturated rings. The van der Waals surface area contributed by atoms with E-state index < -0.39 is 0 Å². The lowest BCUT2D eigenvalue weighted by Gasteiger charge is -2.11. The van der Waals surface area contributed by atoms with Crippen LogP contribution in [0.5, 0.6) is 5.75 Å². The Hall–Kier alpha value is -2.10. The molecule has 0 saturated carbocycles. The summed E-state index contributed by atoms with van der Waals surface area (Å²) in [6.07, 6.45) is 0. The molecule has 0 aromatic heterocycles. The Balaban J connectivity index is 2.12. The standard InChI is InChI=1S/C15H15F2NO/c1-10-3-5-12(16)7-15(10)18-9-11-4-6-13(19-2)8-14(11)17/h3-8,18H,9H2,1-2H3. The molecular formula is C15H15F2NO. The van der Waals surface area contributed by atoms with E-state index in [-0.39, 0.29) is 11.6 Å². The molecule has 1 N–H and O–H groups in total. The molecule has 0 aliphatic heterocycles. The number of aryl methyl sites for hydroxylation is 1. The first-order valence-corrected chi connectivity index (χ1v) is 5.92. The average molecular weight is 263 g/mol. The number of rotatable bonds is 4. The number of anilines is 1. The van der Waals surface area contributed by atoms with Crippen molar-refractivity contribution in [3.63, 3.8) is 0 Å². The third kappa shape index (κ3) is 3.22. The molecule has 2 nitrogen and oxygen atoms in total. The molecule has 0 spiro atoms. The Morgan fingerprint density at radius 2 is 1.89 bits per heavy atom. The minimum absolute atomic E-state index is 0.292. The van der Waals surface area contributed by atoms with Crippen molar-refractivity contribution < 1.29 is 13.5 Å². The van der Waals surface area contributed by atoms with E-state index in [9.17, 15) is 8.78 Å². The van der Waals surface area contributed by atoms with Crippen LogP contribution >= 0.6 is 0 Å². The van der Waals surface area contributed by atoms with Gasteiger partial charge in [-0.25, -0.2) is 8.78 Å². The van der Waals surface area contributed by atoms with Crippen LogP contribution in [-0.2, 0) is 6.54 Å². The summed E-state index contributed by atoms with van der Waals surface area (Å²) in [5.41, 5.74) is 2.08. The lowest BCUT2D eigenvalue weighted by molar-refractivity contribution is 0.411. The Morgan fingerprint density at radius 1 is 1.11 bits per heavy atom. The van der Waals surface area contributed by atoms with Gasteiger partial charge in [0.05, 0.1) is 7.11 Å². The second-order valence-electron chi connectivity index (χ2n) is 4.27. The molecule has 0 bridgehead atoms. The molecule has 0 radical (unpaired) electrons. The Kier molecular flexibility index (Phi) is 4.00. The van der Waals surface area contributed by atoms with Crippen molar-refractivity contribution >= 4 is 5.69 Å². The zero-order valence-electron chi connectivity index (χ0n) is 10.8. The highest BCUT2D eigenvalue weighted by Crippen LogP contribution is 2.20. The van der Waals surface area contributed by atoms with E-state index in [0.29, 0.717) is 23.5 Å². The number of halogens is 2. The summed E-state index contributed by atoms with van der Waals surface area (Å²) < 4.78 is 31.8. The van der Waals surface area contributed by atoms with Gasteiger partial charge in [-0.3, -0.25) is 0 Å². The number of ether oxygens (including phenoxy) is 1. The number of hydrogen-bond acceptors (Lipinski definition) is 2. The molecule has 0 aliphatic carbocycles. The Bertz CT molecular complexity index is 584. The molecule has 2 rings (SSSR count). The zero-order valence-corrected chi connectivity index (χ0v) is 10.8. The van der Waals surface area contributed by atoms with E-state index in [4.69, 9.17) is 4.74 Å². The van der Waals surface area contributed by atoms with E-state index in [2.05, 4.69) is 5.32 Å². The minimum Gasteiger partial charge on any atom is -0.497 e. The maximum atomic E-state index is 13.7. The molecule has 2 aromatic carbocycles. The highest BCUT2D eigenvalue weighted by Gasteiger charge is 2.05. The van der Waals surface area contributed by atoms with Crippen molar-refractivity contribution in [3.05, 3.63) is 59.2 Å². The van der Waals surface area contributed by atoms with Crippen LogP contribution < -0.4 is 10.1 Å². The number of methoxy groups -OCH3 is 1. The van der Waals surface area contributed by atoms with Crippen molar-refractivity contribution in [2.45, 2.75) is 13.5 Å². The van der Waals surface area contributed by atoms with Crippen molar-refractivity contribution in [3.8, 4) is 5.75 Å². The highest BCUT2D eigenvalue weighted by atomic mass is 19.1. The Labute approximate surface area is 111 Å². The van der Waals surface area contributed by atoms with Gasteiger partial charge >= 0.3 is 0 Å². The van der Waals surface area contributed by atoms with Crippen molar-refractivity contribution in [1.82, 2.24) is 0 Å². The summed E-state index contributed by atoms with van der Waals surface area (Å²) in [4.78, 5) is 0. The predicted octanol–water partition coefficient (Wildman–Crippen LogP) is 3.89. The second-order valence-corrected chi connectivity index (χ2v) is 4.27. The van der Waals surface area contributed by atoms with E-state index in [1.54, 1.807) is 18.2 Å². The summed E-state index contributed by atoms with van der Waals surface area (Å²) in [5.74, 6) is -0.188. The quantitative estimate of drug-likeness (QED) is 0.903. The van der Waals surface area contributed by atoms with Gasteiger partial charge in [-0.1, -0.05) is 12.1 Å². The van der Waals surface area contributed by atoms with Crippen LogP contribution in [0.3, 0.4) is 0 Å². The first-order chi connectivity index (χ1) is 9.10. The molecule has 0 atom stereocenters. The van der Waals surface area contributed by atoms with E-state index in [1.165, 1.54) is 25.3 Å². The third-order valence-electron chi connectivity index (χ3n) is 2.93. The normalized spacial score (nSPS) is 10.3. The SMILES string of the molecule is COc1ccc(CNc2cc(F)ccc2C)c(F)c1. The fourth-order valence-electron chi connectivity index (χ4n) is 1.77. The third-order valence-corrected chi connectivity index (χ3v) is 2.93. The van der Waals surface area contributed by atoms with Crippen LogP contribution in [0.2, 0.25) is 0 Å². The summed E-state index contributed by atoms with van der Waals surface area (Å²) >= 11 is 0. The zero-order chi connectivity index (χ0) is 13.8. The van der Waals surface area contributed by atoms with Crippen molar-refractivity contribution in [1.29, 1.82) is 0 Å². The monoisotopic (exact) mass is 263 g/mol. The van der Waals surface area contributed by atoms with Crippen molar-refractivity contribution in [2.75, 3.05) is 12.4 Å². The largest absolute Gasteiger partial charge is 0.497 e. The molecule has 0 aliphatic rings. The van der Waals surface area contributed by atoms with Crippen molar-refractivity contribution in [2.24, 2.45) is 0 Å². The fourth-order valence-corrected chi connectivity index (χ4v) is 1.77. The smallest absolute Gasteiger partial charge is 0.131 e. The molecule has 0 saturated heterocycles. The fraction of sp³-hybridized carbons (Fsp3) is 0.200. The Morgan fingerprint density at radius 3 is 2.58 bits per heavy atom. The maximum Gasteiger partial charge on any atom is 0.131 e. The van der Waals surface area contributed by atoms with E-state index >= 15 is 0 Å². The van der Waals surface area contributed by atoms with Crippen LogP contribution in [-0.4, -0.2) is 7.11 Å². The van der Waals surface area contributed by atoms with Gasteiger partial charge in [-0.2, -0.15) is 0 Å². The first-order valence-electron chi connectivity index (χ1n) is 5.92. The van der Waals surface area contributed by atoms with Gasteiger partial charge in [-0.15, -0.1) is 0 Å². The summed E-state index contributed by atoms with van der Waals surface area (Å²) in [6.45, 7) is 2.16. The maximum absolute atomic E-state index is 13.7. The van der Waals surface area contributed by atoms with Gasteiger partial charge in [0.25, 0.3) is 0 Å². The van der Waals surface area contributed by atoms with Crippen LogP contribution in [0.1, 0.15) is 11.1 Å². The molecule has 0 unspecified atom stereocenters. The molecule has 4 heteroatoms.